The fraction of sp³-hybridized carbons (Fsp3) is 0.188. The predicted octanol–water partition coefficient (Wildman–Crippen LogP) is 8.28. The van der Waals surface area contributed by atoms with Crippen molar-refractivity contribution in [1.82, 2.24) is 0 Å². The van der Waals surface area contributed by atoms with Crippen LogP contribution in [0.4, 0.5) is 11.4 Å². The fourth-order valence-corrected chi connectivity index (χ4v) is 5.77. The summed E-state index contributed by atoms with van der Waals surface area (Å²) in [6.07, 6.45) is 1.97. The van der Waals surface area contributed by atoms with Gasteiger partial charge in [0.15, 0.2) is 5.17 Å². The van der Waals surface area contributed by atoms with Gasteiger partial charge in [0.25, 0.3) is 5.91 Å². The minimum absolute atomic E-state index is 0.0808. The van der Waals surface area contributed by atoms with E-state index in [-0.39, 0.29) is 5.91 Å². The fourth-order valence-electron chi connectivity index (χ4n) is 4.82. The Kier molecular flexibility index (Phi) is 6.90. The van der Waals surface area contributed by atoms with E-state index in [1.54, 1.807) is 4.90 Å². The zero-order valence-corrected chi connectivity index (χ0v) is 22.6. The molecule has 1 fully saturated rings. The van der Waals surface area contributed by atoms with E-state index in [1.807, 2.05) is 69.3 Å². The van der Waals surface area contributed by atoms with Crippen LogP contribution in [-0.2, 0) is 4.79 Å². The second-order valence-electron chi connectivity index (χ2n) is 9.26. The largest absolute Gasteiger partial charge is 0.493 e. The van der Waals surface area contributed by atoms with Crippen LogP contribution in [0.2, 0.25) is 0 Å². The lowest BCUT2D eigenvalue weighted by atomic mass is 10.0. The first-order valence-corrected chi connectivity index (χ1v) is 13.3. The van der Waals surface area contributed by atoms with Crippen LogP contribution in [0.1, 0.15) is 34.7 Å². The summed E-state index contributed by atoms with van der Waals surface area (Å²) >= 11 is 1.41. The Bertz CT molecular complexity index is 1550. The first kappa shape index (κ1) is 24.8. The Morgan fingerprint density at radius 1 is 0.838 bits per heavy atom. The van der Waals surface area contributed by atoms with Crippen molar-refractivity contribution in [3.05, 3.63) is 106 Å². The number of amidine groups is 1. The molecule has 5 rings (SSSR count). The molecule has 4 aromatic carbocycles. The van der Waals surface area contributed by atoms with E-state index in [0.29, 0.717) is 16.7 Å². The monoisotopic (exact) mass is 506 g/mol. The highest BCUT2D eigenvalue weighted by Gasteiger charge is 2.36. The molecule has 0 bridgehead atoms. The molecule has 4 aromatic rings. The zero-order chi connectivity index (χ0) is 26.1. The summed E-state index contributed by atoms with van der Waals surface area (Å²) in [4.78, 5) is 21.6. The maximum Gasteiger partial charge on any atom is 0.271 e. The maximum absolute atomic E-state index is 14.1. The number of aliphatic imine (C=N–C) groups is 1. The minimum Gasteiger partial charge on any atom is -0.493 e. The second kappa shape index (κ2) is 10.3. The van der Waals surface area contributed by atoms with E-state index in [9.17, 15) is 4.79 Å². The van der Waals surface area contributed by atoms with Gasteiger partial charge in [-0.2, -0.15) is 0 Å². The third-order valence-corrected chi connectivity index (χ3v) is 7.59. The summed E-state index contributed by atoms with van der Waals surface area (Å²) < 4.78 is 5.99. The molecule has 1 heterocycles. The van der Waals surface area contributed by atoms with Crippen LogP contribution < -0.4 is 9.64 Å². The first-order valence-electron chi connectivity index (χ1n) is 12.5. The molecule has 1 aliphatic heterocycles. The minimum atomic E-state index is -0.0808. The molecular weight excluding hydrogens is 476 g/mol. The van der Waals surface area contributed by atoms with Crippen molar-refractivity contribution in [2.45, 2.75) is 34.6 Å². The average Bonchev–Trinajstić information content (AvgIpc) is 3.17. The van der Waals surface area contributed by atoms with Crippen LogP contribution in [0.5, 0.6) is 5.75 Å². The van der Waals surface area contributed by atoms with Crippen molar-refractivity contribution in [3.63, 3.8) is 0 Å². The highest BCUT2D eigenvalue weighted by molar-refractivity contribution is 8.19. The van der Waals surface area contributed by atoms with Crippen LogP contribution in [0, 0.1) is 27.7 Å². The summed E-state index contributed by atoms with van der Waals surface area (Å²) in [5.41, 5.74) is 6.91. The van der Waals surface area contributed by atoms with Crippen LogP contribution in [0.15, 0.2) is 82.7 Å². The summed E-state index contributed by atoms with van der Waals surface area (Å²) in [5.74, 6) is 0.684. The molecule has 4 nitrogen and oxygen atoms in total. The van der Waals surface area contributed by atoms with Gasteiger partial charge in [-0.1, -0.05) is 66.7 Å². The van der Waals surface area contributed by atoms with E-state index >= 15 is 0 Å². The number of rotatable bonds is 5. The van der Waals surface area contributed by atoms with Crippen LogP contribution >= 0.6 is 11.8 Å². The van der Waals surface area contributed by atoms with Gasteiger partial charge in [0.1, 0.15) is 5.75 Å². The van der Waals surface area contributed by atoms with Crippen LogP contribution in [-0.4, -0.2) is 17.7 Å². The molecule has 0 unspecified atom stereocenters. The number of aryl methyl sites for hydroxylation is 4. The first-order chi connectivity index (χ1) is 17.9. The standard InChI is InChI=1S/C32H30N2O2S/c1-6-36-27-18-17-24-15-7-8-16-25(24)26(27)19-28-31(35)34(30-22(4)13-10-14-23(30)5)32(37-28)33-29-20(2)11-9-12-21(29)3/h7-19H,6H2,1-5H3/b28-19+,33-32?. The molecule has 1 saturated heterocycles. The SMILES string of the molecule is CCOc1ccc2ccccc2c1/C=C1/SC(=Nc2c(C)cccc2C)N(c2c(C)cccc2C)C1=O. The second-order valence-corrected chi connectivity index (χ2v) is 10.3. The third-order valence-electron chi connectivity index (χ3n) is 6.62. The van der Waals surface area contributed by atoms with Crippen molar-refractivity contribution in [1.29, 1.82) is 0 Å². The van der Waals surface area contributed by atoms with Crippen molar-refractivity contribution < 1.29 is 9.53 Å². The van der Waals surface area contributed by atoms with E-state index in [2.05, 4.69) is 44.2 Å². The summed E-state index contributed by atoms with van der Waals surface area (Å²) in [6, 6.07) is 24.5. The lowest BCUT2D eigenvalue weighted by Gasteiger charge is -2.21. The Hall–Kier alpha value is -3.83. The van der Waals surface area contributed by atoms with Crippen molar-refractivity contribution in [3.8, 4) is 5.75 Å². The number of para-hydroxylation sites is 2. The molecule has 0 N–H and O–H groups in total. The molecule has 0 saturated carbocycles. The lowest BCUT2D eigenvalue weighted by Crippen LogP contribution is -2.30. The molecule has 1 amide bonds. The van der Waals surface area contributed by atoms with Gasteiger partial charge in [-0.3, -0.25) is 9.69 Å². The Balaban J connectivity index is 1.72. The molecule has 186 valence electrons. The van der Waals surface area contributed by atoms with E-state index < -0.39 is 0 Å². The van der Waals surface area contributed by atoms with Gasteiger partial charge in [0, 0.05) is 5.56 Å². The number of ether oxygens (including phenoxy) is 1. The van der Waals surface area contributed by atoms with Gasteiger partial charge in [-0.25, -0.2) is 4.99 Å². The normalized spacial score (nSPS) is 15.8. The average molecular weight is 507 g/mol. The van der Waals surface area contributed by atoms with Crippen molar-refractivity contribution in [2.24, 2.45) is 4.99 Å². The van der Waals surface area contributed by atoms with Gasteiger partial charge in [0.2, 0.25) is 0 Å². The molecular formula is C32H30N2O2S. The molecule has 1 aliphatic rings. The molecule has 0 aromatic heterocycles. The molecule has 37 heavy (non-hydrogen) atoms. The third kappa shape index (κ3) is 4.67. The van der Waals surface area contributed by atoms with Gasteiger partial charge < -0.3 is 4.74 Å². The Labute approximate surface area is 222 Å². The van der Waals surface area contributed by atoms with Crippen molar-refractivity contribution in [2.75, 3.05) is 11.5 Å². The zero-order valence-electron chi connectivity index (χ0n) is 21.8. The number of hydrogen-bond acceptors (Lipinski definition) is 4. The van der Waals surface area contributed by atoms with Crippen LogP contribution in [0.25, 0.3) is 16.8 Å². The highest BCUT2D eigenvalue weighted by atomic mass is 32.2. The molecule has 0 aliphatic carbocycles. The number of nitrogens with zero attached hydrogens (tertiary/aromatic N) is 2. The number of benzene rings is 4. The molecule has 0 spiro atoms. The van der Waals surface area contributed by atoms with E-state index in [0.717, 1.165) is 55.7 Å². The molecule has 0 radical (unpaired) electrons. The number of anilines is 1. The summed E-state index contributed by atoms with van der Waals surface area (Å²) in [5, 5.41) is 2.81. The Morgan fingerprint density at radius 2 is 1.49 bits per heavy atom. The molecule has 0 atom stereocenters. The topological polar surface area (TPSA) is 41.9 Å². The summed E-state index contributed by atoms with van der Waals surface area (Å²) in [7, 11) is 0. The van der Waals surface area contributed by atoms with Gasteiger partial charge in [-0.15, -0.1) is 0 Å². The lowest BCUT2D eigenvalue weighted by molar-refractivity contribution is -0.113. The number of amides is 1. The summed E-state index contributed by atoms with van der Waals surface area (Å²) in [6.45, 7) is 10.7. The molecule has 5 heteroatoms. The van der Waals surface area contributed by atoms with Crippen LogP contribution in [0.3, 0.4) is 0 Å². The smallest absolute Gasteiger partial charge is 0.271 e. The predicted molar refractivity (Wildman–Crippen MR) is 157 cm³/mol. The van der Waals surface area contributed by atoms with Gasteiger partial charge in [-0.05, 0) is 91.5 Å². The quantitative estimate of drug-likeness (QED) is 0.256. The van der Waals surface area contributed by atoms with Gasteiger partial charge >= 0.3 is 0 Å². The van der Waals surface area contributed by atoms with E-state index in [4.69, 9.17) is 9.73 Å². The van der Waals surface area contributed by atoms with Gasteiger partial charge in [0.05, 0.1) is 22.9 Å². The van der Waals surface area contributed by atoms with E-state index in [1.165, 1.54) is 11.8 Å². The van der Waals surface area contributed by atoms with Crippen molar-refractivity contribution >= 4 is 51.1 Å². The number of thioether (sulfide) groups is 1. The maximum atomic E-state index is 14.1. The number of carbonyl (C=O) groups excluding carboxylic acids is 1. The Morgan fingerprint density at radius 3 is 2.16 bits per heavy atom. The highest BCUT2D eigenvalue weighted by Crippen LogP contribution is 2.42. The number of carbonyl (C=O) groups is 1. The number of hydrogen-bond donors (Lipinski definition) is 0. The number of fused-ring (bicyclic) bond motifs is 1.